The van der Waals surface area contributed by atoms with Crippen molar-refractivity contribution >= 4 is 16.6 Å². The van der Waals surface area contributed by atoms with Gasteiger partial charge in [0.15, 0.2) is 0 Å². The van der Waals surface area contributed by atoms with Crippen LogP contribution in [0.4, 0.5) is 0 Å². The standard InChI is InChI=1S/C8H15NO3S/c1-9-8(10)6-4-2-3-5-7(6)13(11)12/h6-7,13H,2-5H2,1H3,(H,9,10). The minimum Gasteiger partial charge on any atom is -0.359 e. The first-order valence-electron chi connectivity index (χ1n) is 4.52. The van der Waals surface area contributed by atoms with E-state index in [1.807, 2.05) is 0 Å². The van der Waals surface area contributed by atoms with Crippen molar-refractivity contribution in [1.29, 1.82) is 0 Å². The second-order valence-corrected chi connectivity index (χ2v) is 4.59. The van der Waals surface area contributed by atoms with Crippen LogP contribution in [0, 0.1) is 5.92 Å². The molecule has 1 amide bonds. The summed E-state index contributed by atoms with van der Waals surface area (Å²) in [4.78, 5) is 11.3. The molecule has 0 aromatic rings. The number of hydrogen-bond donors (Lipinski definition) is 2. The molecule has 1 aliphatic carbocycles. The molecule has 5 heteroatoms. The molecule has 0 saturated heterocycles. The quantitative estimate of drug-likeness (QED) is 0.619. The van der Waals surface area contributed by atoms with Crippen LogP contribution < -0.4 is 5.32 Å². The molecular weight excluding hydrogens is 190 g/mol. The minimum absolute atomic E-state index is 0.135. The topological polar surface area (TPSA) is 63.2 Å². The molecule has 1 N–H and O–H groups in total. The van der Waals surface area contributed by atoms with Crippen LogP contribution in [0.2, 0.25) is 0 Å². The fourth-order valence-electron chi connectivity index (χ4n) is 1.85. The van der Waals surface area contributed by atoms with E-state index in [-0.39, 0.29) is 11.8 Å². The normalized spacial score (nSPS) is 28.8. The monoisotopic (exact) mass is 205 g/mol. The Labute approximate surface area is 79.7 Å². The Hall–Kier alpha value is -0.580. The Bertz CT molecular complexity index is 254. The Morgan fingerprint density at radius 3 is 2.46 bits per heavy atom. The maximum atomic E-state index is 11.3. The van der Waals surface area contributed by atoms with Gasteiger partial charge in [-0.2, -0.15) is 0 Å². The van der Waals surface area contributed by atoms with Crippen LogP contribution >= 0.6 is 0 Å². The number of nitrogens with one attached hydrogen (secondary N) is 1. The van der Waals surface area contributed by atoms with Crippen LogP contribution in [0.5, 0.6) is 0 Å². The Morgan fingerprint density at radius 2 is 1.92 bits per heavy atom. The van der Waals surface area contributed by atoms with Gasteiger partial charge in [0.05, 0.1) is 11.2 Å². The van der Waals surface area contributed by atoms with Crippen molar-refractivity contribution < 1.29 is 13.2 Å². The van der Waals surface area contributed by atoms with Gasteiger partial charge in [-0.3, -0.25) is 4.79 Å². The first kappa shape index (κ1) is 10.5. The van der Waals surface area contributed by atoms with Crippen molar-refractivity contribution in [2.75, 3.05) is 7.05 Å². The molecule has 0 radical (unpaired) electrons. The van der Waals surface area contributed by atoms with Crippen LogP contribution in [-0.2, 0) is 15.5 Å². The highest BCUT2D eigenvalue weighted by atomic mass is 32.2. The summed E-state index contributed by atoms with van der Waals surface area (Å²) in [6.07, 6.45) is 3.21. The first-order valence-corrected chi connectivity index (χ1v) is 5.76. The molecule has 0 heterocycles. The van der Waals surface area contributed by atoms with E-state index in [2.05, 4.69) is 5.32 Å². The fourth-order valence-corrected chi connectivity index (χ4v) is 2.83. The predicted molar refractivity (Wildman–Crippen MR) is 50.1 cm³/mol. The molecule has 1 saturated carbocycles. The molecule has 1 aliphatic rings. The summed E-state index contributed by atoms with van der Waals surface area (Å²) in [7, 11) is -0.909. The Morgan fingerprint density at radius 1 is 1.31 bits per heavy atom. The van der Waals surface area contributed by atoms with Crippen molar-refractivity contribution in [1.82, 2.24) is 5.32 Å². The summed E-state index contributed by atoms with van der Waals surface area (Å²) in [6, 6.07) is 0. The van der Waals surface area contributed by atoms with Gasteiger partial charge in [0.1, 0.15) is 10.7 Å². The second-order valence-electron chi connectivity index (χ2n) is 3.36. The number of hydrogen-bond acceptors (Lipinski definition) is 3. The van der Waals surface area contributed by atoms with E-state index in [4.69, 9.17) is 0 Å². The lowest BCUT2D eigenvalue weighted by Crippen LogP contribution is -2.38. The maximum Gasteiger partial charge on any atom is 0.224 e. The van der Waals surface area contributed by atoms with E-state index in [0.717, 1.165) is 12.8 Å². The van der Waals surface area contributed by atoms with Gasteiger partial charge in [-0.15, -0.1) is 0 Å². The van der Waals surface area contributed by atoms with Crippen molar-refractivity contribution in [3.63, 3.8) is 0 Å². The molecule has 0 aliphatic heterocycles. The fraction of sp³-hybridized carbons (Fsp3) is 0.875. The Balaban J connectivity index is 2.72. The van der Waals surface area contributed by atoms with Gasteiger partial charge < -0.3 is 5.32 Å². The summed E-state index contributed by atoms with van der Waals surface area (Å²) in [5.41, 5.74) is 0. The first-order chi connectivity index (χ1) is 6.16. The van der Waals surface area contributed by atoms with Gasteiger partial charge in [0.25, 0.3) is 0 Å². The lowest BCUT2D eigenvalue weighted by atomic mass is 9.88. The smallest absolute Gasteiger partial charge is 0.224 e. The zero-order valence-corrected chi connectivity index (χ0v) is 8.55. The average molecular weight is 205 g/mol. The lowest BCUT2D eigenvalue weighted by Gasteiger charge is -2.25. The largest absolute Gasteiger partial charge is 0.359 e. The highest BCUT2D eigenvalue weighted by molar-refractivity contribution is 7.73. The molecule has 2 unspecified atom stereocenters. The van der Waals surface area contributed by atoms with Crippen molar-refractivity contribution in [3.8, 4) is 0 Å². The second kappa shape index (κ2) is 4.60. The molecule has 2 atom stereocenters. The van der Waals surface area contributed by atoms with E-state index >= 15 is 0 Å². The highest BCUT2D eigenvalue weighted by Gasteiger charge is 2.32. The van der Waals surface area contributed by atoms with Crippen molar-refractivity contribution in [3.05, 3.63) is 0 Å². The van der Waals surface area contributed by atoms with Crippen LogP contribution in [0.3, 0.4) is 0 Å². The molecule has 0 spiro atoms. The van der Waals surface area contributed by atoms with Crippen LogP contribution in [0.15, 0.2) is 0 Å². The zero-order valence-electron chi connectivity index (χ0n) is 7.66. The van der Waals surface area contributed by atoms with E-state index in [1.165, 1.54) is 0 Å². The molecule has 1 rings (SSSR count). The van der Waals surface area contributed by atoms with E-state index in [1.54, 1.807) is 7.05 Å². The van der Waals surface area contributed by atoms with E-state index in [0.29, 0.717) is 12.8 Å². The SMILES string of the molecule is CNC(=O)C1CCCCC1[SH](=O)=O. The lowest BCUT2D eigenvalue weighted by molar-refractivity contribution is -0.125. The van der Waals surface area contributed by atoms with E-state index < -0.39 is 16.0 Å². The number of rotatable bonds is 2. The number of carbonyl (C=O) groups excluding carboxylic acids is 1. The van der Waals surface area contributed by atoms with Gasteiger partial charge in [-0.05, 0) is 12.8 Å². The summed E-state index contributed by atoms with van der Waals surface area (Å²) < 4.78 is 21.7. The minimum atomic E-state index is -2.46. The van der Waals surface area contributed by atoms with Crippen molar-refractivity contribution in [2.45, 2.75) is 30.9 Å². The predicted octanol–water partition coefficient (Wildman–Crippen LogP) is -0.0974. The molecule has 13 heavy (non-hydrogen) atoms. The average Bonchev–Trinajstić information content (AvgIpc) is 2.16. The third-order valence-electron chi connectivity index (χ3n) is 2.58. The molecule has 0 aromatic carbocycles. The highest BCUT2D eigenvalue weighted by Crippen LogP contribution is 2.26. The van der Waals surface area contributed by atoms with Gasteiger partial charge in [-0.25, -0.2) is 8.42 Å². The van der Waals surface area contributed by atoms with Crippen LogP contribution in [-0.4, -0.2) is 26.6 Å². The number of amides is 1. The maximum absolute atomic E-state index is 11.3. The molecule has 4 nitrogen and oxygen atoms in total. The Kier molecular flexibility index (Phi) is 3.71. The van der Waals surface area contributed by atoms with Crippen LogP contribution in [0.25, 0.3) is 0 Å². The van der Waals surface area contributed by atoms with Gasteiger partial charge >= 0.3 is 0 Å². The summed E-state index contributed by atoms with van der Waals surface area (Å²) >= 11 is 0. The van der Waals surface area contributed by atoms with Crippen LogP contribution in [0.1, 0.15) is 25.7 Å². The molecule has 0 bridgehead atoms. The van der Waals surface area contributed by atoms with Gasteiger partial charge in [0.2, 0.25) is 5.91 Å². The summed E-state index contributed by atoms with van der Waals surface area (Å²) in [6.45, 7) is 0. The number of thiol groups is 1. The summed E-state index contributed by atoms with van der Waals surface area (Å²) in [5.74, 6) is -0.455. The van der Waals surface area contributed by atoms with Gasteiger partial charge in [0, 0.05) is 7.05 Å². The molecule has 0 aromatic heterocycles. The molecular formula is C8H15NO3S. The molecule has 1 fully saturated rings. The van der Waals surface area contributed by atoms with E-state index in [9.17, 15) is 13.2 Å². The van der Waals surface area contributed by atoms with Gasteiger partial charge in [-0.1, -0.05) is 12.8 Å². The number of carbonyl (C=O) groups is 1. The molecule has 76 valence electrons. The summed E-state index contributed by atoms with van der Waals surface area (Å²) in [5, 5.41) is 2.07. The van der Waals surface area contributed by atoms with Crippen molar-refractivity contribution in [2.24, 2.45) is 5.92 Å². The zero-order chi connectivity index (χ0) is 9.84. The third-order valence-corrected chi connectivity index (χ3v) is 3.74. The third kappa shape index (κ3) is 2.43.